The second-order valence-electron chi connectivity index (χ2n) is 5.84. The number of hydrogen-bond acceptors (Lipinski definition) is 2. The van der Waals surface area contributed by atoms with Crippen molar-refractivity contribution in [3.05, 3.63) is 35.9 Å². The first-order chi connectivity index (χ1) is 9.07. The van der Waals surface area contributed by atoms with Gasteiger partial charge in [0.1, 0.15) is 0 Å². The van der Waals surface area contributed by atoms with Crippen LogP contribution in [0.3, 0.4) is 0 Å². The van der Waals surface area contributed by atoms with Gasteiger partial charge in [0.2, 0.25) is 0 Å². The van der Waals surface area contributed by atoms with E-state index in [1.54, 1.807) is 7.11 Å². The SMILES string of the molecule is CCCNC(CCc1ccccc1)CC(C)(C)OC. The Kier molecular flexibility index (Phi) is 7.11. The molecule has 1 N–H and O–H groups in total. The van der Waals surface area contributed by atoms with E-state index in [4.69, 9.17) is 4.74 Å². The lowest BCUT2D eigenvalue weighted by Gasteiger charge is -2.29. The average Bonchev–Trinajstić information content (AvgIpc) is 2.43. The molecule has 1 unspecified atom stereocenters. The Morgan fingerprint density at radius 3 is 2.47 bits per heavy atom. The first kappa shape index (κ1) is 16.2. The van der Waals surface area contributed by atoms with Crippen molar-refractivity contribution in [3.63, 3.8) is 0 Å². The first-order valence-corrected chi connectivity index (χ1v) is 7.40. The van der Waals surface area contributed by atoms with Crippen molar-refractivity contribution >= 4 is 0 Å². The van der Waals surface area contributed by atoms with Gasteiger partial charge in [-0.15, -0.1) is 0 Å². The van der Waals surface area contributed by atoms with Gasteiger partial charge in [-0.1, -0.05) is 37.3 Å². The minimum Gasteiger partial charge on any atom is -0.379 e. The summed E-state index contributed by atoms with van der Waals surface area (Å²) in [5.74, 6) is 0. The number of hydrogen-bond donors (Lipinski definition) is 1. The van der Waals surface area contributed by atoms with E-state index in [9.17, 15) is 0 Å². The highest BCUT2D eigenvalue weighted by Gasteiger charge is 2.22. The summed E-state index contributed by atoms with van der Waals surface area (Å²) in [5.41, 5.74) is 1.36. The second kappa shape index (κ2) is 8.34. The standard InChI is InChI=1S/C17H29NO/c1-5-13-18-16(14-17(2,3)19-4)12-11-15-9-7-6-8-10-15/h6-10,16,18H,5,11-14H2,1-4H3. The van der Waals surface area contributed by atoms with E-state index in [0.717, 1.165) is 25.8 Å². The molecule has 0 saturated carbocycles. The quantitative estimate of drug-likeness (QED) is 0.731. The Hall–Kier alpha value is -0.860. The van der Waals surface area contributed by atoms with Crippen LogP contribution in [0.1, 0.15) is 45.6 Å². The van der Waals surface area contributed by atoms with E-state index in [-0.39, 0.29) is 5.60 Å². The highest BCUT2D eigenvalue weighted by atomic mass is 16.5. The first-order valence-electron chi connectivity index (χ1n) is 7.40. The molecule has 0 fully saturated rings. The van der Waals surface area contributed by atoms with Crippen LogP contribution >= 0.6 is 0 Å². The molecule has 0 aliphatic rings. The molecule has 0 aliphatic heterocycles. The van der Waals surface area contributed by atoms with Crippen LogP contribution in [0.2, 0.25) is 0 Å². The summed E-state index contributed by atoms with van der Waals surface area (Å²) in [7, 11) is 1.80. The average molecular weight is 263 g/mol. The third-order valence-electron chi connectivity index (χ3n) is 3.60. The molecule has 108 valence electrons. The molecular weight excluding hydrogens is 234 g/mol. The van der Waals surface area contributed by atoms with Crippen molar-refractivity contribution in [2.45, 2.75) is 58.1 Å². The van der Waals surface area contributed by atoms with Gasteiger partial charge in [0, 0.05) is 13.2 Å². The summed E-state index contributed by atoms with van der Waals surface area (Å²) in [5, 5.41) is 3.65. The summed E-state index contributed by atoms with van der Waals surface area (Å²) in [6.45, 7) is 7.62. The Labute approximate surface area is 118 Å². The normalized spacial score (nSPS) is 13.5. The van der Waals surface area contributed by atoms with Crippen LogP contribution in [-0.4, -0.2) is 25.3 Å². The predicted molar refractivity (Wildman–Crippen MR) is 82.5 cm³/mol. The topological polar surface area (TPSA) is 21.3 Å². The Balaban J connectivity index is 2.49. The zero-order valence-corrected chi connectivity index (χ0v) is 12.9. The molecule has 1 rings (SSSR count). The molecule has 1 aromatic carbocycles. The lowest BCUT2D eigenvalue weighted by Crippen LogP contribution is -2.38. The summed E-state index contributed by atoms with van der Waals surface area (Å²) in [4.78, 5) is 0. The van der Waals surface area contributed by atoms with Gasteiger partial charge in [-0.05, 0) is 51.6 Å². The van der Waals surface area contributed by atoms with E-state index >= 15 is 0 Å². The molecule has 19 heavy (non-hydrogen) atoms. The Morgan fingerprint density at radius 2 is 1.89 bits per heavy atom. The van der Waals surface area contributed by atoms with Gasteiger partial charge in [-0.25, -0.2) is 0 Å². The predicted octanol–water partition coefficient (Wildman–Crippen LogP) is 3.80. The fourth-order valence-corrected chi connectivity index (χ4v) is 2.29. The number of methoxy groups -OCH3 is 1. The number of ether oxygens (including phenoxy) is 1. The molecule has 0 saturated heterocycles. The van der Waals surface area contributed by atoms with Crippen LogP contribution in [0.5, 0.6) is 0 Å². The molecule has 0 amide bonds. The molecular formula is C17H29NO. The maximum Gasteiger partial charge on any atom is 0.0637 e. The molecule has 0 radical (unpaired) electrons. The summed E-state index contributed by atoms with van der Waals surface area (Å²) in [6.07, 6.45) is 4.52. The van der Waals surface area contributed by atoms with Gasteiger partial charge in [-0.2, -0.15) is 0 Å². The van der Waals surface area contributed by atoms with Crippen molar-refractivity contribution < 1.29 is 4.74 Å². The smallest absolute Gasteiger partial charge is 0.0637 e. The summed E-state index contributed by atoms with van der Waals surface area (Å²) in [6, 6.07) is 11.2. The number of aryl methyl sites for hydroxylation is 1. The third kappa shape index (κ3) is 6.74. The number of rotatable bonds is 9. The van der Waals surface area contributed by atoms with Crippen LogP contribution in [0.15, 0.2) is 30.3 Å². The molecule has 1 atom stereocenters. The van der Waals surface area contributed by atoms with Crippen LogP contribution < -0.4 is 5.32 Å². The van der Waals surface area contributed by atoms with E-state index in [1.807, 2.05) is 0 Å². The van der Waals surface area contributed by atoms with E-state index in [0.29, 0.717) is 6.04 Å². The molecule has 0 aromatic heterocycles. The molecule has 0 aliphatic carbocycles. The van der Waals surface area contributed by atoms with Crippen molar-refractivity contribution in [1.82, 2.24) is 5.32 Å². The molecule has 0 spiro atoms. The summed E-state index contributed by atoms with van der Waals surface area (Å²) >= 11 is 0. The van der Waals surface area contributed by atoms with Gasteiger partial charge in [-0.3, -0.25) is 0 Å². The highest BCUT2D eigenvalue weighted by molar-refractivity contribution is 5.14. The minimum atomic E-state index is -0.0535. The largest absolute Gasteiger partial charge is 0.379 e. The molecule has 0 bridgehead atoms. The zero-order chi connectivity index (χ0) is 14.1. The van der Waals surface area contributed by atoms with E-state index in [1.165, 1.54) is 12.0 Å². The van der Waals surface area contributed by atoms with Gasteiger partial charge in [0.25, 0.3) is 0 Å². The fraction of sp³-hybridized carbons (Fsp3) is 0.647. The van der Waals surface area contributed by atoms with E-state index < -0.39 is 0 Å². The number of nitrogens with one attached hydrogen (secondary N) is 1. The number of benzene rings is 1. The van der Waals surface area contributed by atoms with Crippen LogP contribution in [0.25, 0.3) is 0 Å². The Bertz CT molecular complexity index is 334. The van der Waals surface area contributed by atoms with Crippen LogP contribution in [0.4, 0.5) is 0 Å². The third-order valence-corrected chi connectivity index (χ3v) is 3.60. The molecule has 1 aromatic rings. The van der Waals surface area contributed by atoms with Gasteiger partial charge in [0.05, 0.1) is 5.60 Å². The lowest BCUT2D eigenvalue weighted by atomic mass is 9.94. The maximum atomic E-state index is 5.56. The molecule has 0 heterocycles. The van der Waals surface area contributed by atoms with Crippen molar-refractivity contribution in [3.8, 4) is 0 Å². The molecule has 2 heteroatoms. The van der Waals surface area contributed by atoms with Crippen molar-refractivity contribution in [2.75, 3.05) is 13.7 Å². The van der Waals surface area contributed by atoms with Crippen molar-refractivity contribution in [1.29, 1.82) is 0 Å². The Morgan fingerprint density at radius 1 is 1.21 bits per heavy atom. The highest BCUT2D eigenvalue weighted by Crippen LogP contribution is 2.18. The molecule has 2 nitrogen and oxygen atoms in total. The maximum absolute atomic E-state index is 5.56. The van der Waals surface area contributed by atoms with Crippen LogP contribution in [0, 0.1) is 0 Å². The van der Waals surface area contributed by atoms with Gasteiger partial charge in [0.15, 0.2) is 0 Å². The zero-order valence-electron chi connectivity index (χ0n) is 12.9. The monoisotopic (exact) mass is 263 g/mol. The summed E-state index contributed by atoms with van der Waals surface area (Å²) < 4.78 is 5.56. The van der Waals surface area contributed by atoms with E-state index in [2.05, 4.69) is 56.4 Å². The minimum absolute atomic E-state index is 0.0535. The van der Waals surface area contributed by atoms with Gasteiger partial charge >= 0.3 is 0 Å². The second-order valence-corrected chi connectivity index (χ2v) is 5.84. The fourth-order valence-electron chi connectivity index (χ4n) is 2.29. The lowest BCUT2D eigenvalue weighted by molar-refractivity contribution is 0.00643. The van der Waals surface area contributed by atoms with Gasteiger partial charge < -0.3 is 10.1 Å². The van der Waals surface area contributed by atoms with Crippen LogP contribution in [-0.2, 0) is 11.2 Å². The van der Waals surface area contributed by atoms with Crippen molar-refractivity contribution in [2.24, 2.45) is 0 Å².